The Labute approximate surface area is 187 Å². The number of Topliss-reactive ketones (excluding diaryl/α,β-unsaturated/α-hetero) is 1. The van der Waals surface area contributed by atoms with Gasteiger partial charge in [-0.2, -0.15) is 0 Å². The average Bonchev–Trinajstić information content (AvgIpc) is 3.10. The lowest BCUT2D eigenvalue weighted by molar-refractivity contribution is -0.370. The van der Waals surface area contributed by atoms with Crippen LogP contribution in [0, 0.1) is 19.7 Å². The fourth-order valence-electron chi connectivity index (χ4n) is 3.50. The third kappa shape index (κ3) is 5.35. The van der Waals surface area contributed by atoms with Crippen LogP contribution in [0.2, 0.25) is 0 Å². The first-order chi connectivity index (χ1) is 14.3. The van der Waals surface area contributed by atoms with Crippen LogP contribution >= 0.6 is 12.4 Å². The van der Waals surface area contributed by atoms with Gasteiger partial charge in [-0.3, -0.25) is 4.79 Å². The van der Waals surface area contributed by atoms with Gasteiger partial charge in [-0.25, -0.2) is 9.37 Å². The third-order valence-electron chi connectivity index (χ3n) is 5.08. The number of hydrogen-bond acceptors (Lipinski definition) is 5. The second-order valence-corrected chi connectivity index (χ2v) is 7.42. The van der Waals surface area contributed by atoms with Gasteiger partial charge in [0, 0.05) is 6.92 Å². The molecule has 2 aromatic carbocycles. The summed E-state index contributed by atoms with van der Waals surface area (Å²) in [6.45, 7) is 8.40. The van der Waals surface area contributed by atoms with Crippen molar-refractivity contribution in [3.63, 3.8) is 0 Å². The van der Waals surface area contributed by atoms with Crippen LogP contribution in [0.4, 0.5) is 4.39 Å². The fourth-order valence-corrected chi connectivity index (χ4v) is 3.50. The molecule has 8 heteroatoms. The molecule has 0 saturated heterocycles. The lowest BCUT2D eigenvalue weighted by Gasteiger charge is -2.18. The summed E-state index contributed by atoms with van der Waals surface area (Å²) in [5.41, 5.74) is 7.07. The van der Waals surface area contributed by atoms with Gasteiger partial charge in [-0.05, 0) is 49.4 Å². The van der Waals surface area contributed by atoms with E-state index in [9.17, 15) is 9.18 Å². The largest absolute Gasteiger partial charge is 0.486 e. The highest BCUT2D eigenvalue weighted by molar-refractivity contribution is 6.05. The van der Waals surface area contributed by atoms with Crippen LogP contribution in [0.15, 0.2) is 28.7 Å². The Bertz CT molecular complexity index is 1050. The van der Waals surface area contributed by atoms with Crippen LogP contribution in [-0.2, 0) is 0 Å². The van der Waals surface area contributed by atoms with E-state index in [1.54, 1.807) is 19.1 Å². The molecule has 0 spiro atoms. The van der Waals surface area contributed by atoms with Gasteiger partial charge in [0.15, 0.2) is 17.4 Å². The number of carbonyl (C=O) groups excluding carboxylic acids is 1. The zero-order chi connectivity index (χ0) is 21.8. The molecule has 1 unspecified atom stereocenters. The van der Waals surface area contributed by atoms with Crippen molar-refractivity contribution in [2.24, 2.45) is 0 Å². The minimum atomic E-state index is -0.256. The molecule has 1 atom stereocenters. The summed E-state index contributed by atoms with van der Waals surface area (Å²) in [6.07, 6.45) is 0.693. The van der Waals surface area contributed by atoms with E-state index >= 15 is 0 Å². The third-order valence-corrected chi connectivity index (χ3v) is 5.08. The molecule has 3 N–H and O–H groups in total. The Balaban J connectivity index is 0.00000341. The number of aromatic nitrogens is 1. The molecule has 0 bridgehead atoms. The van der Waals surface area contributed by atoms with Gasteiger partial charge in [0.25, 0.3) is 0 Å². The van der Waals surface area contributed by atoms with Crippen molar-refractivity contribution in [1.82, 2.24) is 4.98 Å². The normalized spacial score (nSPS) is 11.8. The van der Waals surface area contributed by atoms with Gasteiger partial charge in [0.2, 0.25) is 11.3 Å². The first-order valence-electron chi connectivity index (χ1n) is 10.1. The summed E-state index contributed by atoms with van der Waals surface area (Å²) in [7, 11) is 0. The highest BCUT2D eigenvalue weighted by atomic mass is 35.5. The summed E-state index contributed by atoms with van der Waals surface area (Å²) in [5.74, 6) is 1.04. The maximum Gasteiger partial charge on any atom is 0.207 e. The zero-order valence-corrected chi connectivity index (χ0v) is 19.1. The molecule has 0 aliphatic rings. The van der Waals surface area contributed by atoms with Crippen molar-refractivity contribution >= 4 is 29.3 Å². The number of rotatable bonds is 9. The molecule has 0 radical (unpaired) electrons. The number of carbonyl (C=O) groups is 1. The van der Waals surface area contributed by atoms with Crippen molar-refractivity contribution in [2.45, 2.75) is 40.0 Å². The van der Waals surface area contributed by atoms with E-state index in [1.807, 2.05) is 6.92 Å². The van der Waals surface area contributed by atoms with E-state index in [-0.39, 0.29) is 29.9 Å². The van der Waals surface area contributed by atoms with Crippen LogP contribution < -0.4 is 15.2 Å². The highest BCUT2D eigenvalue weighted by Gasteiger charge is 2.26. The second kappa shape index (κ2) is 10.6. The summed E-state index contributed by atoms with van der Waals surface area (Å²) in [4.78, 5) is 16.8. The summed E-state index contributed by atoms with van der Waals surface area (Å²) < 4.78 is 31.0. The molecule has 0 aliphatic heterocycles. The molecule has 3 aromatic rings. The standard InChI is InChI=1S/C23H27FN2O4.ClH/c1-13(17-5-7-18(24)8-6-17)9-11-28-23-21(29-12-10-25)19(15(3)27)14(2)20-22(23)30-16(4)26-20;/h5-8,13H,9-12,25H2,1-4H3;1H/p+1. The lowest BCUT2D eigenvalue weighted by Crippen LogP contribution is -2.52. The maximum absolute atomic E-state index is 13.2. The number of fused-ring (bicyclic) bond motifs is 1. The van der Waals surface area contributed by atoms with Crippen LogP contribution in [0.1, 0.15) is 53.6 Å². The van der Waals surface area contributed by atoms with Crippen molar-refractivity contribution in [1.29, 1.82) is 0 Å². The number of halogens is 2. The summed E-state index contributed by atoms with van der Waals surface area (Å²) >= 11 is 0. The summed E-state index contributed by atoms with van der Waals surface area (Å²) in [5, 5.41) is 0. The fraction of sp³-hybridized carbons (Fsp3) is 0.391. The first kappa shape index (κ1) is 24.6. The molecule has 31 heavy (non-hydrogen) atoms. The van der Waals surface area contributed by atoms with Gasteiger partial charge in [0.05, 0.1) is 12.2 Å². The molecule has 1 heterocycles. The van der Waals surface area contributed by atoms with Gasteiger partial charge < -0.3 is 19.6 Å². The van der Waals surface area contributed by atoms with Gasteiger partial charge in [-0.1, -0.05) is 19.1 Å². The number of oxazole rings is 1. The molecule has 3 rings (SSSR count). The number of aryl methyl sites for hydroxylation is 2. The average molecular weight is 452 g/mol. The predicted octanol–water partition coefficient (Wildman–Crippen LogP) is 4.40. The van der Waals surface area contributed by atoms with Gasteiger partial charge >= 0.3 is 0 Å². The Hall–Kier alpha value is -2.64. The van der Waals surface area contributed by atoms with Crippen LogP contribution in [0.25, 0.3) is 11.1 Å². The molecule has 0 aliphatic carbocycles. The van der Waals surface area contributed by atoms with Gasteiger partial charge in [-0.15, -0.1) is 12.4 Å². The molecule has 6 nitrogen and oxygen atoms in total. The zero-order valence-electron chi connectivity index (χ0n) is 18.3. The molecule has 168 valence electrons. The molecule has 0 saturated carbocycles. The minimum absolute atomic E-state index is 0. The number of quaternary nitrogens is 1. The van der Waals surface area contributed by atoms with Gasteiger partial charge in [0.1, 0.15) is 24.5 Å². The van der Waals surface area contributed by atoms with Crippen molar-refractivity contribution in [3.8, 4) is 11.5 Å². The topological polar surface area (TPSA) is 89.2 Å². The highest BCUT2D eigenvalue weighted by Crippen LogP contribution is 2.42. The Morgan fingerprint density at radius 2 is 1.81 bits per heavy atom. The SMILES string of the molecule is CC(=O)c1c(OCC[NH3+])c(OCCC(C)c2ccc(F)cc2)c2oc(C)nc2c1C.Cl. The minimum Gasteiger partial charge on any atom is -0.486 e. The van der Waals surface area contributed by atoms with E-state index in [4.69, 9.17) is 13.9 Å². The first-order valence-corrected chi connectivity index (χ1v) is 10.1. The molecular formula is C23H29ClFN2O4+. The van der Waals surface area contributed by atoms with Crippen molar-refractivity contribution in [2.75, 3.05) is 19.8 Å². The van der Waals surface area contributed by atoms with E-state index in [0.717, 1.165) is 5.56 Å². The second-order valence-electron chi connectivity index (χ2n) is 7.42. The van der Waals surface area contributed by atoms with E-state index in [0.29, 0.717) is 65.8 Å². The monoisotopic (exact) mass is 451 g/mol. The van der Waals surface area contributed by atoms with Crippen LogP contribution in [-0.4, -0.2) is 30.5 Å². The molecule has 0 fully saturated rings. The Morgan fingerprint density at radius 3 is 2.42 bits per heavy atom. The van der Waals surface area contributed by atoms with Crippen LogP contribution in [0.5, 0.6) is 11.5 Å². The van der Waals surface area contributed by atoms with E-state index in [2.05, 4.69) is 17.6 Å². The van der Waals surface area contributed by atoms with E-state index in [1.165, 1.54) is 19.1 Å². The molecular weight excluding hydrogens is 423 g/mol. The van der Waals surface area contributed by atoms with Crippen molar-refractivity contribution in [3.05, 3.63) is 52.7 Å². The number of benzene rings is 2. The van der Waals surface area contributed by atoms with E-state index < -0.39 is 0 Å². The van der Waals surface area contributed by atoms with Crippen LogP contribution in [0.3, 0.4) is 0 Å². The number of ether oxygens (including phenoxy) is 2. The smallest absolute Gasteiger partial charge is 0.207 e. The molecule has 0 amide bonds. The number of ketones is 1. The Kier molecular flexibility index (Phi) is 8.42. The summed E-state index contributed by atoms with van der Waals surface area (Å²) in [6, 6.07) is 6.47. The number of hydrogen-bond donors (Lipinski definition) is 1. The molecule has 1 aromatic heterocycles. The Morgan fingerprint density at radius 1 is 1.16 bits per heavy atom. The number of nitrogens with zero attached hydrogens (tertiary/aromatic N) is 1. The maximum atomic E-state index is 13.2. The quantitative estimate of drug-likeness (QED) is 0.487. The van der Waals surface area contributed by atoms with Crippen molar-refractivity contribution < 1.29 is 28.8 Å². The lowest BCUT2D eigenvalue weighted by atomic mass is 9.98. The predicted molar refractivity (Wildman–Crippen MR) is 119 cm³/mol.